The second-order valence-electron chi connectivity index (χ2n) is 5.47. The van der Waals surface area contributed by atoms with Gasteiger partial charge in [0.1, 0.15) is 25.4 Å². The molecular formula is C18H22BrN2O2+. The van der Waals surface area contributed by atoms with Crippen molar-refractivity contribution in [3.05, 3.63) is 64.1 Å². The molecule has 0 radical (unpaired) electrons. The summed E-state index contributed by atoms with van der Waals surface area (Å²) in [5, 5.41) is 2.62. The van der Waals surface area contributed by atoms with Crippen molar-refractivity contribution in [2.24, 2.45) is 0 Å². The van der Waals surface area contributed by atoms with Gasteiger partial charge in [0.05, 0.1) is 7.05 Å². The molecule has 0 aromatic heterocycles. The van der Waals surface area contributed by atoms with Gasteiger partial charge in [-0.25, -0.2) is 0 Å². The molecule has 2 N–H and O–H groups in total. The van der Waals surface area contributed by atoms with Gasteiger partial charge in [-0.1, -0.05) is 34.1 Å². The Bertz CT molecular complexity index is 644. The number of benzene rings is 2. The van der Waals surface area contributed by atoms with Crippen LogP contribution in [-0.4, -0.2) is 33.2 Å². The number of likely N-dealkylation sites (N-methyl/N-ethyl adjacent to an activating group) is 1. The lowest BCUT2D eigenvalue weighted by atomic mass is 10.1. The molecule has 0 saturated heterocycles. The topological polar surface area (TPSA) is 42.8 Å². The molecule has 1 amide bonds. The summed E-state index contributed by atoms with van der Waals surface area (Å²) in [6, 6.07) is 15.6. The zero-order valence-corrected chi connectivity index (χ0v) is 15.0. The number of amides is 1. The van der Waals surface area contributed by atoms with Crippen LogP contribution in [0.5, 0.6) is 5.75 Å². The van der Waals surface area contributed by atoms with Gasteiger partial charge in [-0.15, -0.1) is 0 Å². The Morgan fingerprint density at radius 1 is 1.22 bits per heavy atom. The first kappa shape index (κ1) is 17.5. The summed E-state index contributed by atoms with van der Waals surface area (Å²) in [4.78, 5) is 12.9. The highest BCUT2D eigenvalue weighted by Gasteiger charge is 2.07. The van der Waals surface area contributed by atoms with Gasteiger partial charge in [-0.3, -0.25) is 4.79 Å². The van der Waals surface area contributed by atoms with E-state index in [1.165, 1.54) is 10.5 Å². The Morgan fingerprint density at radius 3 is 2.61 bits per heavy atom. The first-order valence-corrected chi connectivity index (χ1v) is 8.38. The van der Waals surface area contributed by atoms with Crippen molar-refractivity contribution in [1.29, 1.82) is 0 Å². The van der Waals surface area contributed by atoms with E-state index in [0.29, 0.717) is 12.2 Å². The van der Waals surface area contributed by atoms with E-state index in [1.807, 2.05) is 48.5 Å². The third-order valence-corrected chi connectivity index (χ3v) is 4.04. The van der Waals surface area contributed by atoms with Gasteiger partial charge in [0.25, 0.3) is 5.91 Å². The summed E-state index contributed by atoms with van der Waals surface area (Å²) >= 11 is 3.43. The van der Waals surface area contributed by atoms with E-state index < -0.39 is 0 Å². The quantitative estimate of drug-likeness (QED) is 0.773. The molecule has 2 aromatic rings. The van der Waals surface area contributed by atoms with Crippen molar-refractivity contribution < 1.29 is 14.4 Å². The maximum Gasteiger partial charge on any atom is 0.251 e. The molecule has 0 spiro atoms. The third kappa shape index (κ3) is 5.69. The van der Waals surface area contributed by atoms with Gasteiger partial charge >= 0.3 is 0 Å². The molecule has 122 valence electrons. The summed E-state index contributed by atoms with van der Waals surface area (Å²) in [7, 11) is 3.77. The minimum Gasteiger partial charge on any atom is -0.488 e. The van der Waals surface area contributed by atoms with E-state index in [1.54, 1.807) is 7.05 Å². The van der Waals surface area contributed by atoms with E-state index in [0.717, 1.165) is 23.3 Å². The van der Waals surface area contributed by atoms with Crippen molar-refractivity contribution in [2.75, 3.05) is 27.2 Å². The molecule has 1 atom stereocenters. The zero-order valence-electron chi connectivity index (χ0n) is 13.4. The summed E-state index contributed by atoms with van der Waals surface area (Å²) in [6.07, 6.45) is 0. The maximum atomic E-state index is 11.5. The van der Waals surface area contributed by atoms with Gasteiger partial charge in [-0.2, -0.15) is 0 Å². The molecule has 0 aliphatic rings. The van der Waals surface area contributed by atoms with Crippen LogP contribution in [0.1, 0.15) is 15.9 Å². The standard InChI is InChI=1S/C18H21BrN2O2/c1-20-18(22)15-8-6-14(7-9-15)13-21(2)10-11-23-17-5-3-4-16(19)12-17/h3-9,12H,10-11,13H2,1-2H3,(H,20,22)/p+1. The first-order valence-electron chi connectivity index (χ1n) is 7.59. The Hall–Kier alpha value is -1.85. The highest BCUT2D eigenvalue weighted by molar-refractivity contribution is 9.10. The van der Waals surface area contributed by atoms with E-state index in [-0.39, 0.29) is 5.91 Å². The Balaban J connectivity index is 1.78. The van der Waals surface area contributed by atoms with Crippen LogP contribution in [0.2, 0.25) is 0 Å². The fourth-order valence-corrected chi connectivity index (χ4v) is 2.63. The van der Waals surface area contributed by atoms with Gasteiger partial charge in [0, 0.05) is 22.6 Å². The summed E-state index contributed by atoms with van der Waals surface area (Å²) in [6.45, 7) is 2.47. The smallest absolute Gasteiger partial charge is 0.251 e. The maximum absolute atomic E-state index is 11.5. The predicted octanol–water partition coefficient (Wildman–Crippen LogP) is 1.90. The molecule has 0 aliphatic heterocycles. The normalized spacial score (nSPS) is 11.8. The lowest BCUT2D eigenvalue weighted by Gasteiger charge is -2.15. The number of nitrogens with one attached hydrogen (secondary N) is 2. The van der Waals surface area contributed by atoms with Gasteiger partial charge in [0.15, 0.2) is 0 Å². The second-order valence-corrected chi connectivity index (χ2v) is 6.38. The van der Waals surface area contributed by atoms with Crippen molar-refractivity contribution >= 4 is 21.8 Å². The van der Waals surface area contributed by atoms with Crippen molar-refractivity contribution in [1.82, 2.24) is 5.32 Å². The highest BCUT2D eigenvalue weighted by Crippen LogP contribution is 2.17. The van der Waals surface area contributed by atoms with E-state index >= 15 is 0 Å². The van der Waals surface area contributed by atoms with Gasteiger partial charge in [-0.05, 0) is 30.3 Å². The Kier molecular flexibility index (Phi) is 6.62. The molecular weight excluding hydrogens is 356 g/mol. The fraction of sp³-hybridized carbons (Fsp3) is 0.278. The number of hydrogen-bond donors (Lipinski definition) is 2. The van der Waals surface area contributed by atoms with Crippen LogP contribution in [0.25, 0.3) is 0 Å². The highest BCUT2D eigenvalue weighted by atomic mass is 79.9. The molecule has 0 aliphatic carbocycles. The number of ether oxygens (including phenoxy) is 1. The molecule has 2 aromatic carbocycles. The molecule has 0 bridgehead atoms. The number of carbonyl (C=O) groups excluding carboxylic acids is 1. The number of rotatable bonds is 7. The van der Waals surface area contributed by atoms with E-state index in [4.69, 9.17) is 4.74 Å². The van der Waals surface area contributed by atoms with Crippen LogP contribution in [0.4, 0.5) is 0 Å². The van der Waals surface area contributed by atoms with Crippen LogP contribution in [-0.2, 0) is 6.54 Å². The molecule has 4 nitrogen and oxygen atoms in total. The average molecular weight is 378 g/mol. The fourth-order valence-electron chi connectivity index (χ4n) is 2.26. The summed E-state index contributed by atoms with van der Waals surface area (Å²) < 4.78 is 6.78. The lowest BCUT2D eigenvalue weighted by molar-refractivity contribution is -0.893. The SMILES string of the molecule is CNC(=O)c1ccc(C[NH+](C)CCOc2cccc(Br)c2)cc1. The molecule has 23 heavy (non-hydrogen) atoms. The van der Waals surface area contributed by atoms with Crippen molar-refractivity contribution in [3.63, 3.8) is 0 Å². The zero-order chi connectivity index (χ0) is 16.7. The number of hydrogen-bond acceptors (Lipinski definition) is 2. The molecule has 0 heterocycles. The van der Waals surface area contributed by atoms with Crippen LogP contribution in [0.15, 0.2) is 53.0 Å². The predicted molar refractivity (Wildman–Crippen MR) is 94.9 cm³/mol. The van der Waals surface area contributed by atoms with Crippen LogP contribution in [0.3, 0.4) is 0 Å². The van der Waals surface area contributed by atoms with E-state index in [2.05, 4.69) is 28.3 Å². The number of quaternary nitrogens is 1. The van der Waals surface area contributed by atoms with E-state index in [9.17, 15) is 4.79 Å². The molecule has 0 fully saturated rings. The summed E-state index contributed by atoms with van der Waals surface area (Å²) in [5.74, 6) is 0.821. The monoisotopic (exact) mass is 377 g/mol. The molecule has 5 heteroatoms. The number of carbonyl (C=O) groups is 1. The lowest BCUT2D eigenvalue weighted by Crippen LogP contribution is -3.08. The first-order chi connectivity index (χ1) is 11.1. The average Bonchev–Trinajstić information content (AvgIpc) is 2.55. The minimum atomic E-state index is -0.0559. The Morgan fingerprint density at radius 2 is 1.96 bits per heavy atom. The molecule has 2 rings (SSSR count). The van der Waals surface area contributed by atoms with Crippen LogP contribution >= 0.6 is 15.9 Å². The van der Waals surface area contributed by atoms with Crippen molar-refractivity contribution in [3.8, 4) is 5.75 Å². The summed E-state index contributed by atoms with van der Waals surface area (Å²) in [5.41, 5.74) is 1.89. The van der Waals surface area contributed by atoms with Crippen LogP contribution < -0.4 is 15.0 Å². The second kappa shape index (κ2) is 8.70. The minimum absolute atomic E-state index is 0.0559. The van der Waals surface area contributed by atoms with Gasteiger partial charge in [0.2, 0.25) is 0 Å². The molecule has 0 saturated carbocycles. The number of halogens is 1. The largest absolute Gasteiger partial charge is 0.488 e. The Labute approximate surface area is 145 Å². The van der Waals surface area contributed by atoms with Crippen LogP contribution in [0, 0.1) is 0 Å². The third-order valence-electron chi connectivity index (χ3n) is 3.54. The van der Waals surface area contributed by atoms with Gasteiger partial charge < -0.3 is 15.0 Å². The van der Waals surface area contributed by atoms with Crippen molar-refractivity contribution in [2.45, 2.75) is 6.54 Å². The molecule has 1 unspecified atom stereocenters.